The number of amides is 1. The number of carbonyl (C=O) groups is 1. The van der Waals surface area contributed by atoms with E-state index in [1.165, 1.54) is 0 Å². The minimum absolute atomic E-state index is 0.0410. The maximum atomic E-state index is 11.5. The number of nitrogens with zero attached hydrogens (tertiary/aromatic N) is 2. The largest absolute Gasteiger partial charge is 0.355 e. The molecule has 5 nitrogen and oxygen atoms in total. The first-order valence-electron chi connectivity index (χ1n) is 6.48. The Hall–Kier alpha value is -1.36. The Bertz CT molecular complexity index is 371. The van der Waals surface area contributed by atoms with Gasteiger partial charge in [-0.25, -0.2) is 4.98 Å². The Morgan fingerprint density at radius 2 is 2.11 bits per heavy atom. The lowest BCUT2D eigenvalue weighted by molar-refractivity contribution is -0.120. The zero-order valence-corrected chi connectivity index (χ0v) is 11.7. The molecule has 1 rings (SSSR count). The maximum absolute atomic E-state index is 11.5. The number of hydrogen-bond acceptors (Lipinski definition) is 3. The van der Waals surface area contributed by atoms with Gasteiger partial charge in [-0.2, -0.15) is 0 Å². The van der Waals surface area contributed by atoms with Crippen molar-refractivity contribution in [3.63, 3.8) is 0 Å². The summed E-state index contributed by atoms with van der Waals surface area (Å²) in [6, 6.07) is 0.388. The third-order valence-electron chi connectivity index (χ3n) is 2.60. The topological polar surface area (TPSA) is 59.0 Å². The second kappa shape index (κ2) is 7.16. The van der Waals surface area contributed by atoms with Crippen molar-refractivity contribution in [1.29, 1.82) is 0 Å². The van der Waals surface area contributed by atoms with Crippen molar-refractivity contribution in [3.05, 3.63) is 18.2 Å². The van der Waals surface area contributed by atoms with Crippen LogP contribution in [0.15, 0.2) is 12.5 Å². The van der Waals surface area contributed by atoms with Crippen LogP contribution in [-0.2, 0) is 11.3 Å². The zero-order valence-electron chi connectivity index (χ0n) is 11.7. The van der Waals surface area contributed by atoms with E-state index in [2.05, 4.69) is 47.9 Å². The van der Waals surface area contributed by atoms with Gasteiger partial charge < -0.3 is 15.2 Å². The minimum atomic E-state index is 0.0410. The molecule has 1 heterocycles. The highest BCUT2D eigenvalue weighted by Gasteiger charge is 2.06. The monoisotopic (exact) mass is 252 g/mol. The van der Waals surface area contributed by atoms with Crippen LogP contribution in [-0.4, -0.2) is 28.5 Å². The molecule has 0 spiro atoms. The van der Waals surface area contributed by atoms with Crippen molar-refractivity contribution in [1.82, 2.24) is 20.2 Å². The number of nitrogens with one attached hydrogen (secondary N) is 2. The van der Waals surface area contributed by atoms with Crippen molar-refractivity contribution in [3.8, 4) is 0 Å². The van der Waals surface area contributed by atoms with Crippen molar-refractivity contribution in [2.75, 3.05) is 13.1 Å². The van der Waals surface area contributed by atoms with Crippen LogP contribution in [0.3, 0.4) is 0 Å². The normalized spacial score (nSPS) is 11.2. The van der Waals surface area contributed by atoms with Crippen molar-refractivity contribution < 1.29 is 4.79 Å². The molecule has 1 aromatic rings. The average molecular weight is 252 g/mol. The molecule has 102 valence electrons. The van der Waals surface area contributed by atoms with E-state index in [0.29, 0.717) is 25.0 Å². The lowest BCUT2D eigenvalue weighted by atomic mass is 10.2. The van der Waals surface area contributed by atoms with Gasteiger partial charge in [-0.1, -0.05) is 13.8 Å². The van der Waals surface area contributed by atoms with E-state index >= 15 is 0 Å². The molecule has 0 bridgehead atoms. The summed E-state index contributed by atoms with van der Waals surface area (Å²) in [5.41, 5.74) is 1.10. The summed E-state index contributed by atoms with van der Waals surface area (Å²) in [6.07, 6.45) is 3.65. The van der Waals surface area contributed by atoms with E-state index in [9.17, 15) is 4.79 Å². The van der Waals surface area contributed by atoms with Crippen molar-refractivity contribution >= 4 is 5.91 Å². The fourth-order valence-electron chi connectivity index (χ4n) is 1.62. The molecule has 0 fully saturated rings. The summed E-state index contributed by atoms with van der Waals surface area (Å²) in [6.45, 7) is 10.1. The van der Waals surface area contributed by atoms with Crippen LogP contribution >= 0.6 is 0 Å². The van der Waals surface area contributed by atoms with Gasteiger partial charge in [0.05, 0.1) is 18.6 Å². The van der Waals surface area contributed by atoms with E-state index in [0.717, 1.165) is 12.2 Å². The molecule has 0 saturated heterocycles. The number of carbonyl (C=O) groups excluding carboxylic acids is 1. The first-order valence-corrected chi connectivity index (χ1v) is 6.48. The molecule has 0 radical (unpaired) electrons. The molecule has 0 aliphatic rings. The average Bonchev–Trinajstić information content (AvgIpc) is 2.74. The number of hydrogen-bond donors (Lipinski definition) is 2. The quantitative estimate of drug-likeness (QED) is 0.769. The van der Waals surface area contributed by atoms with Crippen molar-refractivity contribution in [2.45, 2.75) is 40.3 Å². The molecular formula is C13H24N4O. The second-order valence-corrected chi connectivity index (χ2v) is 5.19. The van der Waals surface area contributed by atoms with Gasteiger partial charge in [-0.05, 0) is 19.8 Å². The van der Waals surface area contributed by atoms with Crippen LogP contribution in [0, 0.1) is 5.92 Å². The lowest BCUT2D eigenvalue weighted by Crippen LogP contribution is -2.35. The summed E-state index contributed by atoms with van der Waals surface area (Å²) < 4.78 is 2.10. The lowest BCUT2D eigenvalue weighted by Gasteiger charge is -2.12. The van der Waals surface area contributed by atoms with Crippen molar-refractivity contribution in [2.24, 2.45) is 5.92 Å². The predicted molar refractivity (Wildman–Crippen MR) is 72.2 cm³/mol. The summed E-state index contributed by atoms with van der Waals surface area (Å²) >= 11 is 0. The molecule has 18 heavy (non-hydrogen) atoms. The molecule has 0 saturated carbocycles. The van der Waals surface area contributed by atoms with Crippen LogP contribution < -0.4 is 10.6 Å². The van der Waals surface area contributed by atoms with Crippen LogP contribution in [0.25, 0.3) is 0 Å². The SMILES string of the molecule is CC(C)CNC(=O)CNCc1cncn1C(C)C. The Balaban J connectivity index is 2.29. The highest BCUT2D eigenvalue weighted by atomic mass is 16.1. The Morgan fingerprint density at radius 3 is 2.72 bits per heavy atom. The van der Waals surface area contributed by atoms with Gasteiger partial charge in [-0.3, -0.25) is 4.79 Å². The molecule has 1 aromatic heterocycles. The summed E-state index contributed by atoms with van der Waals surface area (Å²) in [5, 5.41) is 6.01. The maximum Gasteiger partial charge on any atom is 0.233 e. The summed E-state index contributed by atoms with van der Waals surface area (Å²) in [7, 11) is 0. The predicted octanol–water partition coefficient (Wildman–Crippen LogP) is 1.33. The Labute approximate surface area is 109 Å². The Kier molecular flexibility index (Phi) is 5.85. The highest BCUT2D eigenvalue weighted by molar-refractivity contribution is 5.77. The van der Waals surface area contributed by atoms with Gasteiger partial charge in [0.15, 0.2) is 0 Å². The number of imidazole rings is 1. The molecule has 5 heteroatoms. The van der Waals surface area contributed by atoms with Gasteiger partial charge in [-0.15, -0.1) is 0 Å². The highest BCUT2D eigenvalue weighted by Crippen LogP contribution is 2.07. The fourth-order valence-corrected chi connectivity index (χ4v) is 1.62. The van der Waals surface area contributed by atoms with Crippen LogP contribution in [0.1, 0.15) is 39.4 Å². The molecule has 0 unspecified atom stereocenters. The molecule has 0 aromatic carbocycles. The van der Waals surface area contributed by atoms with E-state index in [1.807, 2.05) is 12.5 Å². The number of rotatable bonds is 7. The first-order chi connectivity index (χ1) is 8.50. The third-order valence-corrected chi connectivity index (χ3v) is 2.60. The first kappa shape index (κ1) is 14.7. The van der Waals surface area contributed by atoms with Gasteiger partial charge in [0.2, 0.25) is 5.91 Å². The minimum Gasteiger partial charge on any atom is -0.355 e. The van der Waals surface area contributed by atoms with Crippen LogP contribution in [0.5, 0.6) is 0 Å². The van der Waals surface area contributed by atoms with Gasteiger partial charge in [0.25, 0.3) is 0 Å². The van der Waals surface area contributed by atoms with Crippen LogP contribution in [0.4, 0.5) is 0 Å². The fraction of sp³-hybridized carbons (Fsp3) is 0.692. The van der Waals surface area contributed by atoms with E-state index in [1.54, 1.807) is 0 Å². The second-order valence-electron chi connectivity index (χ2n) is 5.19. The molecule has 2 N–H and O–H groups in total. The van der Waals surface area contributed by atoms with Crippen LogP contribution in [0.2, 0.25) is 0 Å². The smallest absolute Gasteiger partial charge is 0.233 e. The summed E-state index contributed by atoms with van der Waals surface area (Å²) in [5.74, 6) is 0.524. The van der Waals surface area contributed by atoms with E-state index < -0.39 is 0 Å². The Morgan fingerprint density at radius 1 is 1.39 bits per heavy atom. The standard InChI is InChI=1S/C13H24N4O/c1-10(2)5-16-13(18)8-14-6-12-7-15-9-17(12)11(3)4/h7,9-11,14H,5-6,8H2,1-4H3,(H,16,18). The summed E-state index contributed by atoms with van der Waals surface area (Å²) in [4.78, 5) is 15.6. The van der Waals surface area contributed by atoms with E-state index in [4.69, 9.17) is 0 Å². The van der Waals surface area contributed by atoms with Gasteiger partial charge in [0, 0.05) is 25.3 Å². The third kappa shape index (κ3) is 4.87. The van der Waals surface area contributed by atoms with Gasteiger partial charge >= 0.3 is 0 Å². The number of aromatic nitrogens is 2. The molecule has 0 aliphatic carbocycles. The molecule has 0 atom stereocenters. The molecular weight excluding hydrogens is 228 g/mol. The molecule has 1 amide bonds. The van der Waals surface area contributed by atoms with Gasteiger partial charge in [0.1, 0.15) is 0 Å². The zero-order chi connectivity index (χ0) is 13.5. The molecule has 0 aliphatic heterocycles. The van der Waals surface area contributed by atoms with E-state index in [-0.39, 0.29) is 5.91 Å².